The zero-order valence-corrected chi connectivity index (χ0v) is 22.3. The van der Waals surface area contributed by atoms with Crippen LogP contribution in [0.25, 0.3) is 5.57 Å². The van der Waals surface area contributed by atoms with Gasteiger partial charge in [-0.3, -0.25) is 4.79 Å². The van der Waals surface area contributed by atoms with Crippen molar-refractivity contribution in [2.45, 2.75) is 52.5 Å². The summed E-state index contributed by atoms with van der Waals surface area (Å²) in [5.74, 6) is -4.38. The molecule has 0 heterocycles. The smallest absolute Gasteiger partial charge is 0.336 e. The molecule has 5 N–H and O–H groups in total. The van der Waals surface area contributed by atoms with Crippen molar-refractivity contribution in [3.05, 3.63) is 76.3 Å². The number of carbonyl (C=O) groups is 2. The Morgan fingerprint density at radius 1 is 1.17 bits per heavy atom. The predicted octanol–water partition coefficient (Wildman–Crippen LogP) is 5.60. The standard InChI is InChI=1S/C25H32F2N2O4S.C2H6/c1-4-17(10-9-16(2)34-3)19(15-33-25(32)22(29)8-6-5-7-13-28)23(24(30)31)18-11-12-20(26)21(27)14-18;1-2/h4,9-12,14,22H,2,5-8,13,15,28-29H2,1,3H3,(H,30,31);1-2H3/b10-9-,17-4+,23-19+;. The molecule has 0 saturated carbocycles. The van der Waals surface area contributed by atoms with Gasteiger partial charge in [-0.2, -0.15) is 0 Å². The number of carboxylic acid groups (broad SMARTS) is 1. The summed E-state index contributed by atoms with van der Waals surface area (Å²) < 4.78 is 32.7. The molecule has 1 atom stereocenters. The lowest BCUT2D eigenvalue weighted by atomic mass is 9.94. The molecule has 0 aliphatic carbocycles. The topological polar surface area (TPSA) is 116 Å². The molecule has 0 saturated heterocycles. The van der Waals surface area contributed by atoms with Gasteiger partial charge in [0.1, 0.15) is 12.6 Å². The molecule has 0 amide bonds. The zero-order chi connectivity index (χ0) is 27.7. The number of benzene rings is 1. The minimum atomic E-state index is -1.39. The lowest BCUT2D eigenvalue weighted by Gasteiger charge is -2.17. The number of unbranched alkanes of at least 4 members (excludes halogenated alkanes) is 2. The van der Waals surface area contributed by atoms with E-state index in [1.54, 1.807) is 25.2 Å². The molecule has 0 radical (unpaired) electrons. The van der Waals surface area contributed by atoms with Gasteiger partial charge < -0.3 is 21.3 Å². The molecular formula is C27H38F2N2O4S. The van der Waals surface area contributed by atoms with Crippen molar-refractivity contribution in [2.75, 3.05) is 19.4 Å². The highest BCUT2D eigenvalue weighted by Gasteiger charge is 2.23. The van der Waals surface area contributed by atoms with Gasteiger partial charge in [-0.15, -0.1) is 11.8 Å². The molecule has 1 aromatic rings. The first-order chi connectivity index (χ1) is 17.2. The van der Waals surface area contributed by atoms with Crippen LogP contribution in [-0.2, 0) is 14.3 Å². The van der Waals surface area contributed by atoms with E-state index in [0.29, 0.717) is 29.9 Å². The Morgan fingerprint density at radius 2 is 1.83 bits per heavy atom. The molecule has 0 aliphatic rings. The molecule has 0 aromatic heterocycles. The third kappa shape index (κ3) is 11.3. The molecule has 1 rings (SSSR count). The maximum atomic E-state index is 13.9. The largest absolute Gasteiger partial charge is 0.478 e. The maximum absolute atomic E-state index is 13.9. The van der Waals surface area contributed by atoms with Crippen LogP contribution in [-0.4, -0.2) is 42.5 Å². The van der Waals surface area contributed by atoms with Crippen LogP contribution in [0.1, 0.15) is 52.0 Å². The molecule has 0 spiro atoms. The molecule has 0 bridgehead atoms. The Hall–Kier alpha value is -2.75. The number of rotatable bonds is 14. The molecular weight excluding hydrogens is 486 g/mol. The fourth-order valence-corrected chi connectivity index (χ4v) is 3.26. The van der Waals surface area contributed by atoms with Crippen LogP contribution in [0.2, 0.25) is 0 Å². The number of carbonyl (C=O) groups excluding carboxylic acids is 1. The first kappa shape index (κ1) is 33.2. The molecule has 1 aromatic carbocycles. The summed E-state index contributed by atoms with van der Waals surface area (Å²) in [6.45, 7) is 9.66. The summed E-state index contributed by atoms with van der Waals surface area (Å²) in [4.78, 5) is 25.4. The molecule has 1 unspecified atom stereocenters. The Morgan fingerprint density at radius 3 is 2.36 bits per heavy atom. The van der Waals surface area contributed by atoms with E-state index in [4.69, 9.17) is 16.2 Å². The first-order valence-corrected chi connectivity index (χ1v) is 13.0. The number of hydrogen-bond acceptors (Lipinski definition) is 6. The van der Waals surface area contributed by atoms with Gasteiger partial charge in [0.25, 0.3) is 0 Å². The first-order valence-electron chi connectivity index (χ1n) is 11.8. The van der Waals surface area contributed by atoms with Gasteiger partial charge in [-0.05, 0) is 66.8 Å². The molecule has 0 fully saturated rings. The van der Waals surface area contributed by atoms with E-state index in [1.165, 1.54) is 11.8 Å². The van der Waals surface area contributed by atoms with Crippen molar-refractivity contribution in [3.8, 4) is 0 Å². The van der Waals surface area contributed by atoms with Gasteiger partial charge >= 0.3 is 11.9 Å². The van der Waals surface area contributed by atoms with Crippen LogP contribution in [0.3, 0.4) is 0 Å². The second kappa shape index (κ2) is 18.5. The number of esters is 1. The SMILES string of the molecule is C=C(\C=C/C(=C\C)C(/COC(=O)C(N)CCCCCN)=C(/C(=O)O)c1ccc(F)c(F)c1)SC.CC. The van der Waals surface area contributed by atoms with E-state index in [0.717, 1.165) is 31.0 Å². The third-order valence-corrected chi connectivity index (χ3v) is 5.64. The maximum Gasteiger partial charge on any atom is 0.336 e. The van der Waals surface area contributed by atoms with E-state index in [9.17, 15) is 23.5 Å². The van der Waals surface area contributed by atoms with Crippen molar-refractivity contribution in [2.24, 2.45) is 11.5 Å². The van der Waals surface area contributed by atoms with Gasteiger partial charge in [0.2, 0.25) is 0 Å². The van der Waals surface area contributed by atoms with E-state index in [-0.39, 0.29) is 16.7 Å². The molecule has 200 valence electrons. The molecule has 9 heteroatoms. The number of allylic oxidation sites excluding steroid dienone is 3. The van der Waals surface area contributed by atoms with Crippen LogP contribution in [0.4, 0.5) is 8.78 Å². The quantitative estimate of drug-likeness (QED) is 0.126. The van der Waals surface area contributed by atoms with Gasteiger partial charge in [0.15, 0.2) is 11.6 Å². The average molecular weight is 525 g/mol. The van der Waals surface area contributed by atoms with E-state index < -0.39 is 36.2 Å². The van der Waals surface area contributed by atoms with E-state index in [2.05, 4.69) is 6.58 Å². The number of halogens is 2. The summed E-state index contributed by atoms with van der Waals surface area (Å²) >= 11 is 1.39. The van der Waals surface area contributed by atoms with Gasteiger partial charge in [-0.1, -0.05) is 51.5 Å². The minimum absolute atomic E-state index is 0.0695. The molecule has 6 nitrogen and oxygen atoms in total. The monoisotopic (exact) mass is 524 g/mol. The fourth-order valence-electron chi connectivity index (χ4n) is 3.05. The van der Waals surface area contributed by atoms with Crippen LogP contribution in [0, 0.1) is 11.6 Å². The summed E-state index contributed by atoms with van der Waals surface area (Å²) in [6, 6.07) is 1.91. The van der Waals surface area contributed by atoms with Crippen molar-refractivity contribution in [1.82, 2.24) is 0 Å². The summed E-state index contributed by atoms with van der Waals surface area (Å²) in [7, 11) is 0. The van der Waals surface area contributed by atoms with Gasteiger partial charge in [0.05, 0.1) is 5.57 Å². The Balaban J connectivity index is 0.00000596. The summed E-state index contributed by atoms with van der Waals surface area (Å²) in [5, 5.41) is 9.94. The second-order valence-electron chi connectivity index (χ2n) is 7.39. The van der Waals surface area contributed by atoms with Crippen molar-refractivity contribution < 1.29 is 28.2 Å². The van der Waals surface area contributed by atoms with Crippen LogP contribution >= 0.6 is 11.8 Å². The fraction of sp³-hybridized carbons (Fsp3) is 0.407. The number of carboxylic acids is 1. The average Bonchev–Trinajstić information content (AvgIpc) is 2.87. The number of aliphatic carboxylic acids is 1. The highest BCUT2D eigenvalue weighted by Crippen LogP contribution is 2.28. The number of ether oxygens (including phenoxy) is 1. The zero-order valence-electron chi connectivity index (χ0n) is 21.5. The molecule has 0 aliphatic heterocycles. The number of hydrogen-bond donors (Lipinski definition) is 3. The second-order valence-corrected chi connectivity index (χ2v) is 8.32. The molecule has 36 heavy (non-hydrogen) atoms. The highest BCUT2D eigenvalue weighted by atomic mass is 32.2. The Labute approximate surface area is 217 Å². The number of nitrogens with two attached hydrogens (primary N) is 2. The van der Waals surface area contributed by atoms with Crippen molar-refractivity contribution >= 4 is 29.3 Å². The van der Waals surface area contributed by atoms with Crippen molar-refractivity contribution in [1.29, 1.82) is 0 Å². The highest BCUT2D eigenvalue weighted by molar-refractivity contribution is 8.02. The van der Waals surface area contributed by atoms with Crippen LogP contribution < -0.4 is 11.5 Å². The summed E-state index contributed by atoms with van der Waals surface area (Å²) in [5.41, 5.74) is 11.5. The normalized spacial score (nSPS) is 12.9. The Bertz CT molecular complexity index is 975. The van der Waals surface area contributed by atoms with E-state index >= 15 is 0 Å². The van der Waals surface area contributed by atoms with Crippen molar-refractivity contribution in [3.63, 3.8) is 0 Å². The minimum Gasteiger partial charge on any atom is -0.478 e. The van der Waals surface area contributed by atoms with E-state index in [1.807, 2.05) is 20.1 Å². The van der Waals surface area contributed by atoms with Gasteiger partial charge in [0, 0.05) is 5.57 Å². The summed E-state index contributed by atoms with van der Waals surface area (Å²) in [6.07, 6.45) is 9.51. The predicted molar refractivity (Wildman–Crippen MR) is 144 cm³/mol. The number of thioether (sulfide) groups is 1. The lowest BCUT2D eigenvalue weighted by Crippen LogP contribution is -2.33. The van der Waals surface area contributed by atoms with Crippen LogP contribution in [0.5, 0.6) is 0 Å². The Kier molecular flexibility index (Phi) is 17.1. The lowest BCUT2D eigenvalue weighted by molar-refractivity contribution is -0.144. The van der Waals surface area contributed by atoms with Gasteiger partial charge in [-0.25, -0.2) is 13.6 Å². The third-order valence-electron chi connectivity index (χ3n) is 4.98. The van der Waals surface area contributed by atoms with Crippen LogP contribution in [0.15, 0.2) is 59.1 Å².